The summed E-state index contributed by atoms with van der Waals surface area (Å²) in [6.45, 7) is 9.47. The molecule has 0 unspecified atom stereocenters. The van der Waals surface area contributed by atoms with Crippen molar-refractivity contribution in [3.05, 3.63) is 11.3 Å². The molecular formula is C9H16N2O. The third kappa shape index (κ3) is 3.32. The lowest BCUT2D eigenvalue weighted by atomic mass is 10.2. The number of hydrogen-bond donors (Lipinski definition) is 1. The summed E-state index contributed by atoms with van der Waals surface area (Å²) in [7, 11) is 0. The Hall–Kier alpha value is -1.12. The van der Waals surface area contributed by atoms with Crippen molar-refractivity contribution in [1.82, 2.24) is 0 Å². The average Bonchev–Trinajstić information content (AvgIpc) is 2.02. The van der Waals surface area contributed by atoms with Gasteiger partial charge in [-0.15, -0.1) is 0 Å². The van der Waals surface area contributed by atoms with Gasteiger partial charge in [0.1, 0.15) is 0 Å². The smallest absolute Gasteiger partial charge is 0.0976 e. The molecule has 0 bridgehead atoms. The molecule has 0 aliphatic carbocycles. The second-order valence-corrected chi connectivity index (χ2v) is 2.97. The Labute approximate surface area is 73.5 Å². The molecule has 0 atom stereocenters. The third-order valence-electron chi connectivity index (χ3n) is 1.73. The molecule has 0 aromatic heterocycles. The number of aliphatic imine (C=N–C) groups is 1. The molecule has 12 heavy (non-hydrogen) atoms. The highest BCUT2D eigenvalue weighted by Crippen LogP contribution is 2.03. The average molecular weight is 168 g/mol. The summed E-state index contributed by atoms with van der Waals surface area (Å²) < 4.78 is 0. The van der Waals surface area contributed by atoms with Crippen LogP contribution in [0.1, 0.15) is 34.6 Å². The molecular weight excluding hydrogens is 152 g/mol. The molecule has 0 fully saturated rings. The molecule has 0 spiro atoms. The van der Waals surface area contributed by atoms with E-state index in [2.05, 4.69) is 10.1 Å². The molecule has 0 aliphatic heterocycles. The van der Waals surface area contributed by atoms with Crippen LogP contribution in [0.15, 0.2) is 21.4 Å². The molecule has 3 nitrogen and oxygen atoms in total. The van der Waals surface area contributed by atoms with Crippen LogP contribution in [0.5, 0.6) is 0 Å². The van der Waals surface area contributed by atoms with Crippen LogP contribution in [0.4, 0.5) is 0 Å². The van der Waals surface area contributed by atoms with Crippen molar-refractivity contribution in [1.29, 1.82) is 0 Å². The van der Waals surface area contributed by atoms with E-state index in [0.717, 1.165) is 11.4 Å². The summed E-state index contributed by atoms with van der Waals surface area (Å²) >= 11 is 0. The Morgan fingerprint density at radius 3 is 1.75 bits per heavy atom. The summed E-state index contributed by atoms with van der Waals surface area (Å²) in [6.07, 6.45) is 0. The Balaban J connectivity index is 4.70. The van der Waals surface area contributed by atoms with E-state index >= 15 is 0 Å². The van der Waals surface area contributed by atoms with Crippen molar-refractivity contribution < 1.29 is 5.21 Å². The van der Waals surface area contributed by atoms with Crippen molar-refractivity contribution in [3.8, 4) is 0 Å². The summed E-state index contributed by atoms with van der Waals surface area (Å²) in [4.78, 5) is 4.25. The van der Waals surface area contributed by atoms with Gasteiger partial charge in [-0.25, -0.2) is 0 Å². The fourth-order valence-corrected chi connectivity index (χ4v) is 0.517. The van der Waals surface area contributed by atoms with Crippen LogP contribution in [0.25, 0.3) is 0 Å². The van der Waals surface area contributed by atoms with Crippen molar-refractivity contribution >= 4 is 11.4 Å². The summed E-state index contributed by atoms with van der Waals surface area (Å²) in [5.74, 6) is 0. The zero-order valence-corrected chi connectivity index (χ0v) is 8.34. The lowest BCUT2D eigenvalue weighted by molar-refractivity contribution is 0.320. The Kier molecular flexibility index (Phi) is 4.26. The van der Waals surface area contributed by atoms with Crippen LogP contribution in [-0.4, -0.2) is 16.6 Å². The number of oxime groups is 1. The molecule has 0 saturated carbocycles. The Morgan fingerprint density at radius 2 is 1.42 bits per heavy atom. The first-order valence-corrected chi connectivity index (χ1v) is 3.87. The first-order valence-electron chi connectivity index (χ1n) is 3.87. The first kappa shape index (κ1) is 10.9. The van der Waals surface area contributed by atoms with Crippen LogP contribution in [0, 0.1) is 0 Å². The van der Waals surface area contributed by atoms with Gasteiger partial charge < -0.3 is 5.21 Å². The SMILES string of the molecule is CC(C)=C(C)/N=C(C)\C(C)=N\O. The lowest BCUT2D eigenvalue weighted by Crippen LogP contribution is -2.05. The van der Waals surface area contributed by atoms with E-state index in [1.54, 1.807) is 6.92 Å². The minimum atomic E-state index is 0.551. The van der Waals surface area contributed by atoms with Crippen molar-refractivity contribution in [2.45, 2.75) is 34.6 Å². The molecule has 1 N–H and O–H groups in total. The standard InChI is InChI=1S/C9H16N2O/c1-6(2)7(3)10-8(4)9(5)11-12/h12H,1-5H3/b10-8-,11-9+. The Bertz CT molecular complexity index is 245. The van der Waals surface area contributed by atoms with Gasteiger partial charge >= 0.3 is 0 Å². The molecule has 0 aromatic carbocycles. The van der Waals surface area contributed by atoms with Gasteiger partial charge in [-0.3, -0.25) is 4.99 Å². The maximum atomic E-state index is 8.45. The second kappa shape index (κ2) is 4.70. The van der Waals surface area contributed by atoms with Crippen molar-refractivity contribution in [3.63, 3.8) is 0 Å². The highest BCUT2D eigenvalue weighted by Gasteiger charge is 1.97. The van der Waals surface area contributed by atoms with E-state index < -0.39 is 0 Å². The van der Waals surface area contributed by atoms with E-state index in [1.807, 2.05) is 27.7 Å². The third-order valence-corrected chi connectivity index (χ3v) is 1.73. The number of allylic oxidation sites excluding steroid dienone is 2. The number of nitrogens with zero attached hydrogens (tertiary/aromatic N) is 2. The predicted molar refractivity (Wildman–Crippen MR) is 52.1 cm³/mol. The molecule has 68 valence electrons. The summed E-state index contributed by atoms with van der Waals surface area (Å²) in [6, 6.07) is 0. The number of hydrogen-bond acceptors (Lipinski definition) is 3. The minimum Gasteiger partial charge on any atom is -0.411 e. The van der Waals surface area contributed by atoms with E-state index in [-0.39, 0.29) is 0 Å². The van der Waals surface area contributed by atoms with Crippen LogP contribution in [-0.2, 0) is 0 Å². The lowest BCUT2D eigenvalue weighted by Gasteiger charge is -1.99. The molecule has 0 heterocycles. The maximum Gasteiger partial charge on any atom is 0.0976 e. The van der Waals surface area contributed by atoms with Crippen molar-refractivity contribution in [2.75, 3.05) is 0 Å². The first-order chi connectivity index (χ1) is 5.49. The van der Waals surface area contributed by atoms with Crippen LogP contribution in [0.3, 0.4) is 0 Å². The van der Waals surface area contributed by atoms with Gasteiger partial charge in [0.25, 0.3) is 0 Å². The van der Waals surface area contributed by atoms with Gasteiger partial charge in [-0.05, 0) is 34.6 Å². The van der Waals surface area contributed by atoms with Crippen molar-refractivity contribution in [2.24, 2.45) is 10.1 Å². The monoisotopic (exact) mass is 168 g/mol. The zero-order chi connectivity index (χ0) is 9.72. The predicted octanol–water partition coefficient (Wildman–Crippen LogP) is 2.61. The zero-order valence-electron chi connectivity index (χ0n) is 8.34. The Morgan fingerprint density at radius 1 is 0.917 bits per heavy atom. The minimum absolute atomic E-state index is 0.551. The molecule has 0 saturated heterocycles. The van der Waals surface area contributed by atoms with E-state index in [1.165, 1.54) is 5.57 Å². The molecule has 0 radical (unpaired) electrons. The van der Waals surface area contributed by atoms with E-state index in [9.17, 15) is 0 Å². The molecule has 0 rings (SSSR count). The van der Waals surface area contributed by atoms with Crippen LogP contribution >= 0.6 is 0 Å². The summed E-state index contributed by atoms with van der Waals surface area (Å²) in [5.41, 5.74) is 3.43. The van der Waals surface area contributed by atoms with Gasteiger partial charge in [0.2, 0.25) is 0 Å². The molecule has 3 heteroatoms. The van der Waals surface area contributed by atoms with E-state index in [0.29, 0.717) is 5.71 Å². The quantitative estimate of drug-likeness (QED) is 0.384. The van der Waals surface area contributed by atoms with Gasteiger partial charge in [0.15, 0.2) is 0 Å². The summed E-state index contributed by atoms with van der Waals surface area (Å²) in [5, 5.41) is 11.5. The highest BCUT2D eigenvalue weighted by molar-refractivity contribution is 6.40. The fraction of sp³-hybridized carbons (Fsp3) is 0.556. The van der Waals surface area contributed by atoms with Crippen LogP contribution in [0.2, 0.25) is 0 Å². The van der Waals surface area contributed by atoms with Gasteiger partial charge in [0, 0.05) is 5.70 Å². The molecule has 0 aliphatic rings. The van der Waals surface area contributed by atoms with E-state index in [4.69, 9.17) is 5.21 Å². The largest absolute Gasteiger partial charge is 0.411 e. The van der Waals surface area contributed by atoms with Gasteiger partial charge in [-0.1, -0.05) is 10.7 Å². The fourth-order valence-electron chi connectivity index (χ4n) is 0.517. The highest BCUT2D eigenvalue weighted by atomic mass is 16.4. The molecule has 0 amide bonds. The molecule has 0 aromatic rings. The van der Waals surface area contributed by atoms with Gasteiger partial charge in [0.05, 0.1) is 11.4 Å². The number of rotatable bonds is 2. The van der Waals surface area contributed by atoms with Crippen LogP contribution < -0.4 is 0 Å². The van der Waals surface area contributed by atoms with Gasteiger partial charge in [-0.2, -0.15) is 0 Å². The maximum absolute atomic E-state index is 8.45. The normalized spacial score (nSPS) is 13.1. The second-order valence-electron chi connectivity index (χ2n) is 2.97. The topological polar surface area (TPSA) is 45.0 Å².